The molecular formula is C16H17N3O. The number of rotatable bonds is 3. The molecule has 102 valence electrons. The Balaban J connectivity index is 2.20. The van der Waals surface area contributed by atoms with Crippen LogP contribution in [-0.4, -0.2) is 21.6 Å². The van der Waals surface area contributed by atoms with Crippen LogP contribution < -0.4 is 4.74 Å². The highest BCUT2D eigenvalue weighted by Gasteiger charge is 2.09. The van der Waals surface area contributed by atoms with Gasteiger partial charge in [0.05, 0.1) is 36.5 Å². The number of methoxy groups -OCH3 is 1. The second-order valence-corrected chi connectivity index (χ2v) is 4.77. The van der Waals surface area contributed by atoms with E-state index in [-0.39, 0.29) is 0 Å². The number of pyridine rings is 1. The maximum atomic E-state index is 5.27. The van der Waals surface area contributed by atoms with E-state index >= 15 is 0 Å². The number of hydrogen-bond donors (Lipinski definition) is 0. The maximum Gasteiger partial charge on any atom is 0.119 e. The Hall–Kier alpha value is -2.36. The van der Waals surface area contributed by atoms with Crippen LogP contribution >= 0.6 is 0 Å². The Bertz CT molecular complexity index is 762. The van der Waals surface area contributed by atoms with Gasteiger partial charge in [-0.3, -0.25) is 0 Å². The first-order valence-corrected chi connectivity index (χ1v) is 6.69. The lowest BCUT2D eigenvalue weighted by Gasteiger charge is -2.09. The minimum atomic E-state index is 0.855. The van der Waals surface area contributed by atoms with Crippen molar-refractivity contribution in [1.82, 2.24) is 14.5 Å². The normalized spacial score (nSPS) is 10.9. The van der Waals surface area contributed by atoms with Gasteiger partial charge in [-0.2, -0.15) is 0 Å². The van der Waals surface area contributed by atoms with Crippen molar-refractivity contribution in [3.8, 4) is 17.1 Å². The lowest BCUT2D eigenvalue weighted by atomic mass is 10.1. The fraction of sp³-hybridized carbons (Fsp3) is 0.250. The lowest BCUT2D eigenvalue weighted by Crippen LogP contribution is -1.97. The van der Waals surface area contributed by atoms with Crippen LogP contribution in [-0.2, 0) is 6.54 Å². The molecule has 0 saturated carbocycles. The lowest BCUT2D eigenvalue weighted by molar-refractivity contribution is 0.415. The number of aryl methyl sites for hydroxylation is 2. The molecule has 0 radical (unpaired) electrons. The molecule has 20 heavy (non-hydrogen) atoms. The Kier molecular flexibility index (Phi) is 3.14. The molecular weight excluding hydrogens is 250 g/mol. The van der Waals surface area contributed by atoms with Gasteiger partial charge in [0, 0.05) is 11.9 Å². The van der Waals surface area contributed by atoms with Gasteiger partial charge in [-0.25, -0.2) is 9.97 Å². The zero-order valence-electron chi connectivity index (χ0n) is 11.9. The number of ether oxygens (including phenoxy) is 1. The van der Waals surface area contributed by atoms with Crippen molar-refractivity contribution in [2.24, 2.45) is 0 Å². The molecule has 0 spiro atoms. The van der Waals surface area contributed by atoms with Crippen LogP contribution in [0.15, 0.2) is 36.8 Å². The molecule has 0 unspecified atom stereocenters. The Morgan fingerprint density at radius 3 is 2.85 bits per heavy atom. The van der Waals surface area contributed by atoms with Crippen molar-refractivity contribution < 1.29 is 4.74 Å². The van der Waals surface area contributed by atoms with Crippen molar-refractivity contribution in [2.45, 2.75) is 20.4 Å². The first-order valence-electron chi connectivity index (χ1n) is 6.69. The number of fused-ring (bicyclic) bond motifs is 1. The Morgan fingerprint density at radius 2 is 2.10 bits per heavy atom. The monoisotopic (exact) mass is 267 g/mol. The van der Waals surface area contributed by atoms with E-state index in [2.05, 4.69) is 29.5 Å². The van der Waals surface area contributed by atoms with Gasteiger partial charge in [0.15, 0.2) is 0 Å². The molecule has 0 aliphatic heterocycles. The standard InChI is InChI=1S/C16H17N3O/c1-4-19-10-17-9-16(19)15-7-11(2)13-8-12(20-3)5-6-14(13)18-15/h5-10H,4H2,1-3H3. The molecule has 0 saturated heterocycles. The third kappa shape index (κ3) is 2.03. The van der Waals surface area contributed by atoms with Crippen molar-refractivity contribution in [3.05, 3.63) is 42.4 Å². The molecule has 0 fully saturated rings. The summed E-state index contributed by atoms with van der Waals surface area (Å²) >= 11 is 0. The molecule has 0 aliphatic rings. The van der Waals surface area contributed by atoms with E-state index in [1.807, 2.05) is 30.7 Å². The minimum absolute atomic E-state index is 0.855. The van der Waals surface area contributed by atoms with Gasteiger partial charge in [0.1, 0.15) is 5.75 Å². The van der Waals surface area contributed by atoms with Gasteiger partial charge in [-0.1, -0.05) is 0 Å². The topological polar surface area (TPSA) is 39.9 Å². The summed E-state index contributed by atoms with van der Waals surface area (Å²) in [6, 6.07) is 8.07. The fourth-order valence-corrected chi connectivity index (χ4v) is 2.42. The molecule has 0 aliphatic carbocycles. The summed E-state index contributed by atoms with van der Waals surface area (Å²) in [7, 11) is 1.68. The third-order valence-electron chi connectivity index (χ3n) is 3.54. The van der Waals surface area contributed by atoms with E-state index in [1.165, 1.54) is 5.56 Å². The molecule has 1 aromatic carbocycles. The second-order valence-electron chi connectivity index (χ2n) is 4.77. The quantitative estimate of drug-likeness (QED) is 0.730. The zero-order valence-corrected chi connectivity index (χ0v) is 11.9. The van der Waals surface area contributed by atoms with Crippen molar-refractivity contribution in [2.75, 3.05) is 7.11 Å². The third-order valence-corrected chi connectivity index (χ3v) is 3.54. The fourth-order valence-electron chi connectivity index (χ4n) is 2.42. The van der Waals surface area contributed by atoms with Crippen molar-refractivity contribution in [1.29, 1.82) is 0 Å². The van der Waals surface area contributed by atoms with Crippen molar-refractivity contribution in [3.63, 3.8) is 0 Å². The number of benzene rings is 1. The number of nitrogens with zero attached hydrogens (tertiary/aromatic N) is 3. The molecule has 0 amide bonds. The SMILES string of the molecule is CCn1cncc1-c1cc(C)c2cc(OC)ccc2n1. The molecule has 0 atom stereocenters. The smallest absolute Gasteiger partial charge is 0.119 e. The minimum Gasteiger partial charge on any atom is -0.497 e. The first kappa shape index (κ1) is 12.7. The summed E-state index contributed by atoms with van der Waals surface area (Å²) in [6.45, 7) is 5.08. The van der Waals surface area contributed by atoms with Gasteiger partial charge in [-0.15, -0.1) is 0 Å². The van der Waals surface area contributed by atoms with E-state index in [4.69, 9.17) is 9.72 Å². The highest BCUT2D eigenvalue weighted by atomic mass is 16.5. The molecule has 0 N–H and O–H groups in total. The molecule has 3 rings (SSSR count). The van der Waals surface area contributed by atoms with Gasteiger partial charge >= 0.3 is 0 Å². The van der Waals surface area contributed by atoms with E-state index in [9.17, 15) is 0 Å². The zero-order chi connectivity index (χ0) is 14.1. The molecule has 3 aromatic rings. The molecule has 4 heteroatoms. The van der Waals surface area contributed by atoms with E-state index < -0.39 is 0 Å². The number of hydrogen-bond acceptors (Lipinski definition) is 3. The average Bonchev–Trinajstić information content (AvgIpc) is 2.95. The second kappa shape index (κ2) is 4.96. The number of imidazole rings is 1. The molecule has 2 aromatic heterocycles. The predicted octanol–water partition coefficient (Wildman–Crippen LogP) is 3.44. The van der Waals surface area contributed by atoms with Crippen LogP contribution in [0.3, 0.4) is 0 Å². The summed E-state index contributed by atoms with van der Waals surface area (Å²) in [4.78, 5) is 8.96. The molecule has 2 heterocycles. The van der Waals surface area contributed by atoms with Crippen molar-refractivity contribution >= 4 is 10.9 Å². The first-order chi connectivity index (χ1) is 9.72. The number of aromatic nitrogens is 3. The van der Waals surface area contributed by atoms with Crippen LogP contribution in [0.4, 0.5) is 0 Å². The molecule has 0 bridgehead atoms. The van der Waals surface area contributed by atoms with E-state index in [0.29, 0.717) is 0 Å². The molecule has 4 nitrogen and oxygen atoms in total. The van der Waals surface area contributed by atoms with Crippen LogP contribution in [0.1, 0.15) is 12.5 Å². The van der Waals surface area contributed by atoms with Crippen LogP contribution in [0, 0.1) is 6.92 Å². The van der Waals surface area contributed by atoms with Crippen LogP contribution in [0.2, 0.25) is 0 Å². The largest absolute Gasteiger partial charge is 0.497 e. The van der Waals surface area contributed by atoms with Gasteiger partial charge in [-0.05, 0) is 43.7 Å². The highest BCUT2D eigenvalue weighted by Crippen LogP contribution is 2.27. The van der Waals surface area contributed by atoms with Crippen LogP contribution in [0.5, 0.6) is 5.75 Å². The van der Waals surface area contributed by atoms with E-state index in [1.54, 1.807) is 7.11 Å². The van der Waals surface area contributed by atoms with Crippen LogP contribution in [0.25, 0.3) is 22.3 Å². The van der Waals surface area contributed by atoms with Gasteiger partial charge in [0.25, 0.3) is 0 Å². The van der Waals surface area contributed by atoms with Gasteiger partial charge < -0.3 is 9.30 Å². The summed E-state index contributed by atoms with van der Waals surface area (Å²) in [5.41, 5.74) is 4.17. The average molecular weight is 267 g/mol. The summed E-state index contributed by atoms with van der Waals surface area (Å²) in [6.07, 6.45) is 3.70. The summed E-state index contributed by atoms with van der Waals surface area (Å²) in [5.74, 6) is 0.855. The van der Waals surface area contributed by atoms with Gasteiger partial charge in [0.2, 0.25) is 0 Å². The van der Waals surface area contributed by atoms with E-state index in [0.717, 1.165) is 34.6 Å². The maximum absolute atomic E-state index is 5.27. The summed E-state index contributed by atoms with van der Waals surface area (Å²) in [5, 5.41) is 1.12. The Morgan fingerprint density at radius 1 is 1.25 bits per heavy atom. The Labute approximate surface area is 118 Å². The predicted molar refractivity (Wildman–Crippen MR) is 79.9 cm³/mol. The highest BCUT2D eigenvalue weighted by molar-refractivity contribution is 5.85. The summed E-state index contributed by atoms with van der Waals surface area (Å²) < 4.78 is 7.37.